The zero-order valence-electron chi connectivity index (χ0n) is 12.3. The Hall–Kier alpha value is -2.49. The van der Waals surface area contributed by atoms with Gasteiger partial charge in [0.15, 0.2) is 11.5 Å². The van der Waals surface area contributed by atoms with Crippen LogP contribution < -0.4 is 10.1 Å². The highest BCUT2D eigenvalue weighted by Gasteiger charge is 2.08. The third kappa shape index (κ3) is 3.58. The smallest absolute Gasteiger partial charge is 0.220 e. The number of ether oxygens (including phenoxy) is 1. The quantitative estimate of drug-likeness (QED) is 0.785. The largest absolute Gasteiger partial charge is 0.504 e. The molecule has 0 atom stereocenters. The van der Waals surface area contributed by atoms with Crippen molar-refractivity contribution >= 4 is 5.91 Å². The van der Waals surface area contributed by atoms with Crippen LogP contribution in [0, 0.1) is 0 Å². The van der Waals surface area contributed by atoms with Gasteiger partial charge >= 0.3 is 0 Å². The number of amides is 1. The third-order valence-corrected chi connectivity index (χ3v) is 3.78. The second-order valence-electron chi connectivity index (χ2n) is 5.50. The lowest BCUT2D eigenvalue weighted by Gasteiger charge is -2.10. The molecule has 0 saturated heterocycles. The molecule has 0 aromatic heterocycles. The van der Waals surface area contributed by atoms with Gasteiger partial charge in [-0.05, 0) is 54.7 Å². The Labute approximate surface area is 129 Å². The molecule has 0 spiro atoms. The van der Waals surface area contributed by atoms with Crippen molar-refractivity contribution in [3.63, 3.8) is 0 Å². The molecule has 114 valence electrons. The van der Waals surface area contributed by atoms with E-state index in [1.165, 1.54) is 0 Å². The zero-order valence-corrected chi connectivity index (χ0v) is 12.3. The summed E-state index contributed by atoms with van der Waals surface area (Å²) in [6.45, 7) is 0.661. The monoisotopic (exact) mass is 297 g/mol. The fourth-order valence-electron chi connectivity index (χ4n) is 2.51. The number of phenols is 1. The third-order valence-electron chi connectivity index (χ3n) is 3.78. The predicted octanol–water partition coefficient (Wildman–Crippen LogP) is 3.18. The molecule has 4 rings (SSSR count). The Bertz CT molecular complexity index is 665. The number of aromatic hydroxyl groups is 1. The summed E-state index contributed by atoms with van der Waals surface area (Å²) in [6, 6.07) is 13.0. The zero-order chi connectivity index (χ0) is 15.4. The van der Waals surface area contributed by atoms with Crippen LogP contribution in [0.4, 0.5) is 0 Å². The number of hydrogen-bond acceptors (Lipinski definition) is 3. The topological polar surface area (TPSA) is 58.6 Å². The van der Waals surface area contributed by atoms with E-state index in [0.717, 1.165) is 24.0 Å². The maximum absolute atomic E-state index is 11.8. The first-order valence-electron chi connectivity index (χ1n) is 7.56. The molecule has 0 fully saturated rings. The van der Waals surface area contributed by atoms with Gasteiger partial charge in [0.1, 0.15) is 5.75 Å². The molecular weight excluding hydrogens is 278 g/mol. The minimum Gasteiger partial charge on any atom is -0.504 e. The van der Waals surface area contributed by atoms with Gasteiger partial charge in [0.2, 0.25) is 5.91 Å². The van der Waals surface area contributed by atoms with Crippen molar-refractivity contribution in [1.29, 1.82) is 0 Å². The van der Waals surface area contributed by atoms with E-state index in [4.69, 9.17) is 4.74 Å². The standard InChI is InChI=1S/C18H19NO3/c20-16-9-5-14-2-1-11-19-18(21)10-6-13-3-7-15(8-4-13)22-17(16)12-14/h3-5,7-9,12,20H,1-2,6,10-11H2,(H,19,21). The molecule has 2 aromatic carbocycles. The highest BCUT2D eigenvalue weighted by atomic mass is 16.5. The van der Waals surface area contributed by atoms with Gasteiger partial charge in [-0.15, -0.1) is 0 Å². The number of carbonyl (C=O) groups excluding carboxylic acids is 1. The maximum Gasteiger partial charge on any atom is 0.220 e. The van der Waals surface area contributed by atoms with Crippen LogP contribution in [0.2, 0.25) is 0 Å². The summed E-state index contributed by atoms with van der Waals surface area (Å²) in [5.41, 5.74) is 2.17. The number of carbonyl (C=O) groups is 1. The van der Waals surface area contributed by atoms with Crippen molar-refractivity contribution in [2.75, 3.05) is 6.54 Å². The van der Waals surface area contributed by atoms with Gasteiger partial charge in [-0.25, -0.2) is 0 Å². The van der Waals surface area contributed by atoms with Crippen LogP contribution in [-0.4, -0.2) is 17.6 Å². The van der Waals surface area contributed by atoms with Crippen LogP contribution in [0.3, 0.4) is 0 Å². The second-order valence-corrected chi connectivity index (χ2v) is 5.50. The van der Waals surface area contributed by atoms with Gasteiger partial charge in [-0.2, -0.15) is 0 Å². The fourth-order valence-corrected chi connectivity index (χ4v) is 2.51. The van der Waals surface area contributed by atoms with Gasteiger partial charge in [-0.3, -0.25) is 4.79 Å². The molecule has 4 nitrogen and oxygen atoms in total. The number of nitrogens with one attached hydrogen (secondary N) is 1. The Kier molecular flexibility index (Phi) is 4.28. The fraction of sp³-hybridized carbons (Fsp3) is 0.278. The molecule has 2 aromatic rings. The van der Waals surface area contributed by atoms with Crippen LogP contribution in [0.15, 0.2) is 42.5 Å². The predicted molar refractivity (Wildman–Crippen MR) is 84.3 cm³/mol. The summed E-state index contributed by atoms with van der Waals surface area (Å²) in [6.07, 6.45) is 2.90. The Balaban J connectivity index is 1.89. The summed E-state index contributed by atoms with van der Waals surface area (Å²) in [5, 5.41) is 12.9. The van der Waals surface area contributed by atoms with E-state index in [1.807, 2.05) is 36.4 Å². The van der Waals surface area contributed by atoms with E-state index in [-0.39, 0.29) is 11.7 Å². The number of phenolic OH excluding ortho intramolecular Hbond substituents is 1. The average molecular weight is 297 g/mol. The van der Waals surface area contributed by atoms with Crippen molar-refractivity contribution in [3.8, 4) is 17.2 Å². The van der Waals surface area contributed by atoms with E-state index < -0.39 is 0 Å². The maximum atomic E-state index is 11.8. The van der Waals surface area contributed by atoms with E-state index in [0.29, 0.717) is 30.9 Å². The van der Waals surface area contributed by atoms with E-state index >= 15 is 0 Å². The van der Waals surface area contributed by atoms with Crippen LogP contribution >= 0.6 is 0 Å². The number of fused-ring (bicyclic) bond motifs is 8. The summed E-state index contributed by atoms with van der Waals surface area (Å²) in [4.78, 5) is 11.8. The summed E-state index contributed by atoms with van der Waals surface area (Å²) >= 11 is 0. The van der Waals surface area contributed by atoms with Crippen molar-refractivity contribution in [2.45, 2.75) is 25.7 Å². The normalized spacial score (nSPS) is 15.4. The van der Waals surface area contributed by atoms with E-state index in [9.17, 15) is 9.90 Å². The first kappa shape index (κ1) is 14.4. The van der Waals surface area contributed by atoms with Crippen molar-refractivity contribution in [2.24, 2.45) is 0 Å². The molecular formula is C18H19NO3. The average Bonchev–Trinajstić information content (AvgIpc) is 2.54. The molecule has 4 heteroatoms. The molecule has 4 bridgehead atoms. The molecule has 1 amide bonds. The number of benzene rings is 2. The van der Waals surface area contributed by atoms with Crippen molar-refractivity contribution in [1.82, 2.24) is 5.32 Å². The molecule has 0 saturated carbocycles. The van der Waals surface area contributed by atoms with Gasteiger partial charge < -0.3 is 15.2 Å². The lowest BCUT2D eigenvalue weighted by atomic mass is 10.1. The number of hydrogen-bond donors (Lipinski definition) is 2. The molecule has 0 radical (unpaired) electrons. The molecule has 2 N–H and O–H groups in total. The Morgan fingerprint density at radius 1 is 0.955 bits per heavy atom. The molecule has 2 aliphatic rings. The van der Waals surface area contributed by atoms with E-state index in [1.54, 1.807) is 6.07 Å². The van der Waals surface area contributed by atoms with Crippen molar-refractivity contribution in [3.05, 3.63) is 53.6 Å². The van der Waals surface area contributed by atoms with Gasteiger partial charge in [0.05, 0.1) is 0 Å². The molecule has 0 aliphatic carbocycles. The number of rotatable bonds is 0. The van der Waals surface area contributed by atoms with Gasteiger partial charge in [0, 0.05) is 13.0 Å². The van der Waals surface area contributed by atoms with Crippen LogP contribution in [0.5, 0.6) is 17.2 Å². The second kappa shape index (κ2) is 6.52. The van der Waals surface area contributed by atoms with E-state index in [2.05, 4.69) is 5.32 Å². The Morgan fingerprint density at radius 2 is 1.73 bits per heavy atom. The molecule has 0 unspecified atom stereocenters. The first-order valence-corrected chi connectivity index (χ1v) is 7.56. The minimum absolute atomic E-state index is 0.0848. The SMILES string of the molecule is O=C1CCc2ccc(cc2)Oc2cc(ccc2O)CCCN1. The highest BCUT2D eigenvalue weighted by Crippen LogP contribution is 2.32. The lowest BCUT2D eigenvalue weighted by molar-refractivity contribution is -0.121. The highest BCUT2D eigenvalue weighted by molar-refractivity contribution is 5.76. The van der Waals surface area contributed by atoms with Crippen LogP contribution in [-0.2, 0) is 17.6 Å². The minimum atomic E-state index is 0.0848. The summed E-state index contributed by atoms with van der Waals surface area (Å²) < 4.78 is 5.77. The summed E-state index contributed by atoms with van der Waals surface area (Å²) in [5.74, 6) is 1.35. The van der Waals surface area contributed by atoms with Crippen LogP contribution in [0.1, 0.15) is 24.0 Å². The van der Waals surface area contributed by atoms with Gasteiger partial charge in [0.25, 0.3) is 0 Å². The van der Waals surface area contributed by atoms with Gasteiger partial charge in [-0.1, -0.05) is 18.2 Å². The molecule has 22 heavy (non-hydrogen) atoms. The molecule has 2 aliphatic heterocycles. The molecule has 2 heterocycles. The van der Waals surface area contributed by atoms with Crippen LogP contribution in [0.25, 0.3) is 0 Å². The van der Waals surface area contributed by atoms with Crippen molar-refractivity contribution < 1.29 is 14.6 Å². The number of aryl methyl sites for hydroxylation is 2. The Morgan fingerprint density at radius 3 is 2.55 bits per heavy atom. The first-order chi connectivity index (χ1) is 10.7. The summed E-state index contributed by atoms with van der Waals surface area (Å²) in [7, 11) is 0. The lowest BCUT2D eigenvalue weighted by Crippen LogP contribution is -2.24.